The number of hydrogen-bond donors (Lipinski definition) is 1. The molecule has 0 spiro atoms. The predicted molar refractivity (Wildman–Crippen MR) is 68.0 cm³/mol. The molecule has 0 amide bonds. The zero-order valence-corrected chi connectivity index (χ0v) is 10.7. The smallest absolute Gasteiger partial charge is 0.00518 e. The highest BCUT2D eigenvalue weighted by molar-refractivity contribution is 5.31. The lowest BCUT2D eigenvalue weighted by Crippen LogP contribution is -2.12. The molecule has 86 valence electrons. The van der Waals surface area contributed by atoms with Gasteiger partial charge in [0.05, 0.1) is 0 Å². The van der Waals surface area contributed by atoms with E-state index in [2.05, 4.69) is 38.2 Å². The third-order valence-corrected chi connectivity index (χ3v) is 3.13. The highest BCUT2D eigenvalue weighted by Gasteiger charge is 2.19. The number of nitrogens with one attached hydrogen (secondary N) is 1. The number of allylic oxidation sites excluding steroid dienone is 4. The minimum Gasteiger partial charge on any atom is -0.320 e. The van der Waals surface area contributed by atoms with Gasteiger partial charge in [-0.3, -0.25) is 0 Å². The van der Waals surface area contributed by atoms with E-state index in [0.717, 1.165) is 6.54 Å². The van der Waals surface area contributed by atoms with Crippen LogP contribution in [0.3, 0.4) is 0 Å². The molecule has 0 radical (unpaired) electrons. The van der Waals surface area contributed by atoms with Gasteiger partial charge in [0, 0.05) is 0 Å². The third-order valence-electron chi connectivity index (χ3n) is 3.13. The number of hydrogen-bond acceptors (Lipinski definition) is 1. The van der Waals surface area contributed by atoms with E-state index in [-0.39, 0.29) is 0 Å². The number of rotatable bonds is 5. The van der Waals surface area contributed by atoms with Gasteiger partial charge in [0.25, 0.3) is 0 Å². The summed E-state index contributed by atoms with van der Waals surface area (Å²) in [4.78, 5) is 0. The van der Waals surface area contributed by atoms with Crippen molar-refractivity contribution in [3.05, 3.63) is 23.3 Å². The first-order chi connectivity index (χ1) is 7.05. The van der Waals surface area contributed by atoms with Crippen molar-refractivity contribution < 1.29 is 0 Å². The van der Waals surface area contributed by atoms with E-state index in [1.807, 2.05) is 7.05 Å². The van der Waals surface area contributed by atoms with Crippen LogP contribution in [0.1, 0.15) is 46.5 Å². The van der Waals surface area contributed by atoms with E-state index < -0.39 is 0 Å². The summed E-state index contributed by atoms with van der Waals surface area (Å²) in [5, 5.41) is 3.20. The van der Waals surface area contributed by atoms with Crippen molar-refractivity contribution in [1.82, 2.24) is 5.32 Å². The van der Waals surface area contributed by atoms with E-state index in [9.17, 15) is 0 Å². The zero-order valence-electron chi connectivity index (χ0n) is 10.7. The van der Waals surface area contributed by atoms with Crippen LogP contribution in [0.25, 0.3) is 0 Å². The first-order valence-electron chi connectivity index (χ1n) is 6.07. The van der Waals surface area contributed by atoms with Crippen molar-refractivity contribution in [3.8, 4) is 0 Å². The Kier molecular flexibility index (Phi) is 4.59. The molecule has 0 aromatic heterocycles. The first-order valence-corrected chi connectivity index (χ1v) is 6.07. The van der Waals surface area contributed by atoms with Crippen molar-refractivity contribution in [2.75, 3.05) is 13.6 Å². The minimum atomic E-state index is 0.374. The zero-order chi connectivity index (χ0) is 11.3. The predicted octanol–water partition coefficient (Wildman–Crippen LogP) is 3.68. The second kappa shape index (κ2) is 5.50. The maximum absolute atomic E-state index is 3.20. The molecule has 0 fully saturated rings. The summed E-state index contributed by atoms with van der Waals surface area (Å²) in [6.07, 6.45) is 9.78. The molecule has 0 unspecified atom stereocenters. The fourth-order valence-corrected chi connectivity index (χ4v) is 2.24. The van der Waals surface area contributed by atoms with Gasteiger partial charge in [0.1, 0.15) is 0 Å². The maximum atomic E-state index is 3.20. The van der Waals surface area contributed by atoms with Gasteiger partial charge < -0.3 is 5.32 Å². The van der Waals surface area contributed by atoms with E-state index in [1.165, 1.54) is 25.7 Å². The Morgan fingerprint density at radius 1 is 1.33 bits per heavy atom. The fourth-order valence-electron chi connectivity index (χ4n) is 2.24. The van der Waals surface area contributed by atoms with Crippen molar-refractivity contribution in [3.63, 3.8) is 0 Å². The highest BCUT2D eigenvalue weighted by Crippen LogP contribution is 2.34. The van der Waals surface area contributed by atoms with Crippen LogP contribution in [-0.2, 0) is 0 Å². The molecule has 1 nitrogen and oxygen atoms in total. The average Bonchev–Trinajstić information content (AvgIpc) is 2.14. The molecule has 0 atom stereocenters. The van der Waals surface area contributed by atoms with E-state index in [4.69, 9.17) is 0 Å². The molecule has 0 saturated carbocycles. The van der Waals surface area contributed by atoms with Gasteiger partial charge in [-0.2, -0.15) is 0 Å². The molecular formula is C14H25N. The van der Waals surface area contributed by atoms with Crippen molar-refractivity contribution in [2.24, 2.45) is 5.41 Å². The van der Waals surface area contributed by atoms with E-state index in [1.54, 1.807) is 11.1 Å². The molecule has 0 aromatic rings. The van der Waals surface area contributed by atoms with Gasteiger partial charge >= 0.3 is 0 Å². The Morgan fingerprint density at radius 2 is 2.07 bits per heavy atom. The van der Waals surface area contributed by atoms with Gasteiger partial charge in [-0.05, 0) is 57.2 Å². The van der Waals surface area contributed by atoms with Crippen LogP contribution in [0.5, 0.6) is 0 Å². The Bertz CT molecular complexity index is 259. The molecule has 15 heavy (non-hydrogen) atoms. The standard InChI is InChI=1S/C14H25N/c1-12-11-14(2,3)9-8-13(12)7-5-6-10-15-4/h8-9,15H,5-7,10-11H2,1-4H3. The van der Waals surface area contributed by atoms with Gasteiger partial charge in [-0.1, -0.05) is 31.6 Å². The Balaban J connectivity index is 2.40. The molecular weight excluding hydrogens is 182 g/mol. The normalized spacial score (nSPS) is 19.7. The molecule has 1 rings (SSSR count). The fraction of sp³-hybridized carbons (Fsp3) is 0.714. The first kappa shape index (κ1) is 12.5. The molecule has 0 saturated heterocycles. The molecule has 0 heterocycles. The summed E-state index contributed by atoms with van der Waals surface area (Å²) in [7, 11) is 2.02. The van der Waals surface area contributed by atoms with Gasteiger partial charge in [-0.25, -0.2) is 0 Å². The summed E-state index contributed by atoms with van der Waals surface area (Å²) in [5.41, 5.74) is 3.54. The lowest BCUT2D eigenvalue weighted by Gasteiger charge is -2.26. The summed E-state index contributed by atoms with van der Waals surface area (Å²) in [5.74, 6) is 0. The van der Waals surface area contributed by atoms with Crippen LogP contribution in [0.2, 0.25) is 0 Å². The summed E-state index contributed by atoms with van der Waals surface area (Å²) >= 11 is 0. The van der Waals surface area contributed by atoms with Crippen LogP contribution in [0.15, 0.2) is 23.3 Å². The summed E-state index contributed by atoms with van der Waals surface area (Å²) < 4.78 is 0. The quantitative estimate of drug-likeness (QED) is 0.678. The molecule has 0 bridgehead atoms. The Labute approximate surface area is 94.6 Å². The molecule has 0 aliphatic heterocycles. The molecule has 1 heteroatoms. The maximum Gasteiger partial charge on any atom is -0.00518 e. The van der Waals surface area contributed by atoms with Crippen LogP contribution in [0, 0.1) is 5.41 Å². The van der Waals surface area contributed by atoms with Crippen molar-refractivity contribution in [1.29, 1.82) is 0 Å². The Morgan fingerprint density at radius 3 is 2.67 bits per heavy atom. The lowest BCUT2D eigenvalue weighted by molar-refractivity contribution is 0.465. The van der Waals surface area contributed by atoms with Crippen molar-refractivity contribution in [2.45, 2.75) is 46.5 Å². The average molecular weight is 207 g/mol. The van der Waals surface area contributed by atoms with E-state index >= 15 is 0 Å². The second-order valence-electron chi connectivity index (χ2n) is 5.36. The SMILES string of the molecule is CNCCCCC1=C(C)CC(C)(C)C=C1. The van der Waals surface area contributed by atoms with Gasteiger partial charge in [0.2, 0.25) is 0 Å². The van der Waals surface area contributed by atoms with Crippen LogP contribution >= 0.6 is 0 Å². The van der Waals surface area contributed by atoms with Crippen LogP contribution in [-0.4, -0.2) is 13.6 Å². The van der Waals surface area contributed by atoms with Crippen molar-refractivity contribution >= 4 is 0 Å². The second-order valence-corrected chi connectivity index (χ2v) is 5.36. The summed E-state index contributed by atoms with van der Waals surface area (Å²) in [6, 6.07) is 0. The van der Waals surface area contributed by atoms with Crippen LogP contribution < -0.4 is 5.32 Å². The molecule has 0 aromatic carbocycles. The van der Waals surface area contributed by atoms with Gasteiger partial charge in [0.15, 0.2) is 0 Å². The topological polar surface area (TPSA) is 12.0 Å². The third kappa shape index (κ3) is 4.21. The largest absolute Gasteiger partial charge is 0.320 e. The van der Waals surface area contributed by atoms with Gasteiger partial charge in [-0.15, -0.1) is 0 Å². The Hall–Kier alpha value is -0.560. The van der Waals surface area contributed by atoms with Crippen LogP contribution in [0.4, 0.5) is 0 Å². The molecule has 1 aliphatic rings. The molecule has 1 aliphatic carbocycles. The number of unbranched alkanes of at least 4 members (excludes halogenated alkanes) is 1. The monoisotopic (exact) mass is 207 g/mol. The molecule has 1 N–H and O–H groups in total. The van der Waals surface area contributed by atoms with E-state index in [0.29, 0.717) is 5.41 Å². The summed E-state index contributed by atoms with van der Waals surface area (Å²) in [6.45, 7) is 8.05. The highest BCUT2D eigenvalue weighted by atomic mass is 14.8. The minimum absolute atomic E-state index is 0.374. The lowest BCUT2D eigenvalue weighted by atomic mass is 9.79.